The summed E-state index contributed by atoms with van der Waals surface area (Å²) in [6.45, 7) is 2.65. The SMILES string of the molecule is CCC[C@@H]1N(C(=O)c2ccc3sc(N)nc3c2)CC[C@@]12C(=O)Nc1ccccc12. The molecule has 3 heterocycles. The van der Waals surface area contributed by atoms with E-state index >= 15 is 0 Å². The normalized spacial score (nSPS) is 23.0. The molecule has 2 amide bonds. The van der Waals surface area contributed by atoms with Crippen molar-refractivity contribution in [3.63, 3.8) is 0 Å². The summed E-state index contributed by atoms with van der Waals surface area (Å²) in [7, 11) is 0. The van der Waals surface area contributed by atoms with Gasteiger partial charge in [0.1, 0.15) is 0 Å². The predicted octanol–water partition coefficient (Wildman–Crippen LogP) is 3.78. The van der Waals surface area contributed by atoms with Crippen LogP contribution in [0, 0.1) is 0 Å². The summed E-state index contributed by atoms with van der Waals surface area (Å²) in [5, 5.41) is 3.54. The molecule has 0 aliphatic carbocycles. The van der Waals surface area contributed by atoms with Crippen LogP contribution in [0.4, 0.5) is 10.8 Å². The lowest BCUT2D eigenvalue weighted by Gasteiger charge is -2.34. The number of hydrogen-bond donors (Lipinski definition) is 2. The van der Waals surface area contributed by atoms with Crippen molar-refractivity contribution >= 4 is 44.2 Å². The van der Waals surface area contributed by atoms with Gasteiger partial charge in [0.15, 0.2) is 5.13 Å². The molecule has 148 valence electrons. The topological polar surface area (TPSA) is 88.3 Å². The molecule has 0 unspecified atom stereocenters. The van der Waals surface area contributed by atoms with E-state index in [0.717, 1.165) is 34.3 Å². The quantitative estimate of drug-likeness (QED) is 0.693. The highest BCUT2D eigenvalue weighted by Crippen LogP contribution is 2.49. The Morgan fingerprint density at radius 2 is 2.17 bits per heavy atom. The zero-order valence-corrected chi connectivity index (χ0v) is 17.0. The summed E-state index contributed by atoms with van der Waals surface area (Å²) in [5.74, 6) is -0.0406. The van der Waals surface area contributed by atoms with Crippen molar-refractivity contribution in [3.8, 4) is 0 Å². The predicted molar refractivity (Wildman–Crippen MR) is 115 cm³/mol. The lowest BCUT2D eigenvalue weighted by molar-refractivity contribution is -0.121. The molecule has 2 aliphatic rings. The van der Waals surface area contributed by atoms with Crippen LogP contribution in [-0.2, 0) is 10.2 Å². The molecule has 0 radical (unpaired) electrons. The van der Waals surface area contributed by atoms with Crippen LogP contribution in [0.15, 0.2) is 42.5 Å². The number of fused-ring (bicyclic) bond motifs is 3. The zero-order valence-electron chi connectivity index (χ0n) is 16.1. The largest absolute Gasteiger partial charge is 0.375 e. The summed E-state index contributed by atoms with van der Waals surface area (Å²) in [6.07, 6.45) is 2.31. The van der Waals surface area contributed by atoms with E-state index in [-0.39, 0.29) is 17.9 Å². The number of carbonyl (C=O) groups is 2. The number of nitrogens with one attached hydrogen (secondary N) is 1. The van der Waals surface area contributed by atoms with E-state index in [0.29, 0.717) is 23.7 Å². The van der Waals surface area contributed by atoms with Crippen molar-refractivity contribution in [3.05, 3.63) is 53.6 Å². The Labute approximate surface area is 172 Å². The van der Waals surface area contributed by atoms with Gasteiger partial charge in [-0.15, -0.1) is 0 Å². The van der Waals surface area contributed by atoms with Crippen LogP contribution in [0.3, 0.4) is 0 Å². The maximum atomic E-state index is 13.5. The highest BCUT2D eigenvalue weighted by atomic mass is 32.1. The van der Waals surface area contributed by atoms with Crippen LogP contribution in [0.2, 0.25) is 0 Å². The van der Waals surface area contributed by atoms with Gasteiger partial charge in [0.2, 0.25) is 5.91 Å². The number of thiazole rings is 1. The number of benzene rings is 2. The zero-order chi connectivity index (χ0) is 20.2. The summed E-state index contributed by atoms with van der Waals surface area (Å²) in [4.78, 5) is 32.8. The Morgan fingerprint density at radius 1 is 1.34 bits per heavy atom. The fourth-order valence-electron chi connectivity index (χ4n) is 4.96. The standard InChI is InChI=1S/C22H22N4O2S/c1-2-5-18-22(14-6-3-4-7-15(14)24-20(22)28)10-11-26(18)19(27)13-8-9-17-16(12-13)25-21(23)29-17/h3-4,6-9,12,18H,2,5,10-11H2,1H3,(H2,23,25)(H,24,28)/t18-,22-/m0/s1. The number of rotatable bonds is 3. The van der Waals surface area contributed by atoms with E-state index in [1.165, 1.54) is 11.3 Å². The van der Waals surface area contributed by atoms with Gasteiger partial charge in [-0.1, -0.05) is 42.9 Å². The number of aromatic nitrogens is 1. The second kappa shape index (κ2) is 6.56. The maximum Gasteiger partial charge on any atom is 0.254 e. The highest BCUT2D eigenvalue weighted by molar-refractivity contribution is 7.22. The van der Waals surface area contributed by atoms with Gasteiger partial charge in [0, 0.05) is 17.8 Å². The molecule has 3 aromatic rings. The van der Waals surface area contributed by atoms with Crippen molar-refractivity contribution in [2.45, 2.75) is 37.6 Å². The van der Waals surface area contributed by atoms with Crippen LogP contribution in [0.5, 0.6) is 0 Å². The number of nitrogens with two attached hydrogens (primary N) is 1. The first-order valence-corrected chi connectivity index (χ1v) is 10.7. The Hall–Kier alpha value is -2.93. The molecule has 1 aromatic heterocycles. The summed E-state index contributed by atoms with van der Waals surface area (Å²) in [6, 6.07) is 13.2. The third kappa shape index (κ3) is 2.57. The van der Waals surface area contributed by atoms with Gasteiger partial charge in [-0.05, 0) is 42.7 Å². The minimum Gasteiger partial charge on any atom is -0.375 e. The van der Waals surface area contributed by atoms with Crippen molar-refractivity contribution < 1.29 is 9.59 Å². The molecule has 5 rings (SSSR count). The molecule has 2 atom stereocenters. The van der Waals surface area contributed by atoms with Crippen molar-refractivity contribution in [1.82, 2.24) is 9.88 Å². The second-order valence-corrected chi connectivity index (χ2v) is 8.82. The molecule has 0 bridgehead atoms. The smallest absolute Gasteiger partial charge is 0.254 e. The van der Waals surface area contributed by atoms with Crippen LogP contribution in [-0.4, -0.2) is 34.3 Å². The number of hydrogen-bond acceptors (Lipinski definition) is 5. The first-order chi connectivity index (χ1) is 14.0. The molecule has 29 heavy (non-hydrogen) atoms. The van der Waals surface area contributed by atoms with E-state index in [1.807, 2.05) is 41.3 Å². The van der Waals surface area contributed by atoms with E-state index in [9.17, 15) is 9.59 Å². The van der Waals surface area contributed by atoms with Crippen LogP contribution < -0.4 is 11.1 Å². The highest BCUT2D eigenvalue weighted by Gasteiger charge is 2.58. The fraction of sp³-hybridized carbons (Fsp3) is 0.318. The fourth-order valence-corrected chi connectivity index (χ4v) is 5.68. The Balaban J connectivity index is 1.55. The van der Waals surface area contributed by atoms with E-state index in [1.54, 1.807) is 6.07 Å². The summed E-state index contributed by atoms with van der Waals surface area (Å²) < 4.78 is 0.964. The Bertz CT molecular complexity index is 1140. The molecule has 3 N–H and O–H groups in total. The first-order valence-electron chi connectivity index (χ1n) is 9.92. The summed E-state index contributed by atoms with van der Waals surface area (Å²) >= 11 is 1.41. The maximum absolute atomic E-state index is 13.5. The number of likely N-dealkylation sites (tertiary alicyclic amines) is 1. The van der Waals surface area contributed by atoms with Gasteiger partial charge in [-0.3, -0.25) is 9.59 Å². The lowest BCUT2D eigenvalue weighted by atomic mass is 9.73. The van der Waals surface area contributed by atoms with Crippen molar-refractivity contribution in [1.29, 1.82) is 0 Å². The van der Waals surface area contributed by atoms with Gasteiger partial charge in [0.25, 0.3) is 5.91 Å². The van der Waals surface area contributed by atoms with E-state index < -0.39 is 5.41 Å². The molecule has 1 saturated heterocycles. The minimum absolute atomic E-state index is 0.00942. The molecule has 0 saturated carbocycles. The van der Waals surface area contributed by atoms with Gasteiger partial charge in [-0.2, -0.15) is 0 Å². The van der Waals surface area contributed by atoms with Crippen LogP contribution in [0.25, 0.3) is 10.2 Å². The Morgan fingerprint density at radius 3 is 3.00 bits per heavy atom. The number of nitrogen functional groups attached to an aromatic ring is 1. The molecule has 1 spiro atoms. The number of para-hydroxylation sites is 1. The van der Waals surface area contributed by atoms with Crippen molar-refractivity contribution in [2.24, 2.45) is 0 Å². The van der Waals surface area contributed by atoms with Gasteiger partial charge >= 0.3 is 0 Å². The van der Waals surface area contributed by atoms with Crippen LogP contribution in [0.1, 0.15) is 42.1 Å². The first kappa shape index (κ1) is 18.1. The molecule has 7 heteroatoms. The van der Waals surface area contributed by atoms with Gasteiger partial charge < -0.3 is 16.0 Å². The third-order valence-corrected chi connectivity index (χ3v) is 7.09. The lowest BCUT2D eigenvalue weighted by Crippen LogP contribution is -2.48. The monoisotopic (exact) mass is 406 g/mol. The van der Waals surface area contributed by atoms with Crippen molar-refractivity contribution in [2.75, 3.05) is 17.6 Å². The number of nitrogens with zero attached hydrogens (tertiary/aromatic N) is 2. The van der Waals surface area contributed by atoms with Gasteiger partial charge in [0.05, 0.1) is 21.7 Å². The minimum atomic E-state index is -0.669. The van der Waals surface area contributed by atoms with E-state index in [4.69, 9.17) is 5.73 Å². The molecule has 6 nitrogen and oxygen atoms in total. The third-order valence-electron chi connectivity index (χ3n) is 6.23. The number of carbonyl (C=O) groups excluding carboxylic acids is 2. The molecule has 2 aliphatic heterocycles. The number of anilines is 2. The molecule has 2 aromatic carbocycles. The molecular weight excluding hydrogens is 384 g/mol. The summed E-state index contributed by atoms with van der Waals surface area (Å²) in [5.41, 5.74) is 8.35. The van der Waals surface area contributed by atoms with Gasteiger partial charge in [-0.25, -0.2) is 4.98 Å². The molecule has 1 fully saturated rings. The Kier molecular flexibility index (Phi) is 4.10. The average molecular weight is 407 g/mol. The van der Waals surface area contributed by atoms with E-state index in [2.05, 4.69) is 17.2 Å². The second-order valence-electron chi connectivity index (χ2n) is 7.76. The average Bonchev–Trinajstić information content (AvgIpc) is 3.36. The van der Waals surface area contributed by atoms with Crippen LogP contribution >= 0.6 is 11.3 Å². The molecular formula is C22H22N4O2S. The number of amides is 2.